The molecule has 1 aliphatic heterocycles. The van der Waals surface area contributed by atoms with Crippen molar-refractivity contribution in [3.8, 4) is 22.3 Å². The van der Waals surface area contributed by atoms with Crippen LogP contribution in [0, 0.1) is 0 Å². The number of rotatable bonds is 1. The van der Waals surface area contributed by atoms with Gasteiger partial charge in [-0.3, -0.25) is 0 Å². The maximum Gasteiger partial charge on any atom is 0.0503 e. The van der Waals surface area contributed by atoms with Crippen molar-refractivity contribution in [2.75, 3.05) is 4.90 Å². The quantitative estimate of drug-likeness (QED) is 0.264. The highest BCUT2D eigenvalue weighted by Crippen LogP contribution is 2.60. The number of hydrogen-bond acceptors (Lipinski definition) is 1. The molecule has 37 heavy (non-hydrogen) atoms. The van der Waals surface area contributed by atoms with Crippen LogP contribution in [0.3, 0.4) is 0 Å². The molecule has 0 radical (unpaired) electrons. The molecule has 0 saturated carbocycles. The van der Waals surface area contributed by atoms with Gasteiger partial charge in [0.25, 0.3) is 0 Å². The molecule has 1 atom stereocenters. The van der Waals surface area contributed by atoms with Gasteiger partial charge in [0.15, 0.2) is 0 Å². The Morgan fingerprint density at radius 2 is 1.32 bits per heavy atom. The Labute approximate surface area is 219 Å². The first-order valence-corrected chi connectivity index (χ1v) is 13.6. The highest BCUT2D eigenvalue weighted by molar-refractivity contribution is 5.94. The minimum atomic E-state index is 0.0195. The lowest BCUT2D eigenvalue weighted by atomic mass is 9.81. The summed E-state index contributed by atoms with van der Waals surface area (Å²) >= 11 is 0. The SMILES string of the molecule is CC1(C)c2ccccc2-c2cc(N3C4=CC=CCC4c4c3ccc3c4-c4ccccc4C3(C)C)ccc21. The van der Waals surface area contributed by atoms with Crippen LogP contribution in [0.1, 0.15) is 67.9 Å². The lowest BCUT2D eigenvalue weighted by Gasteiger charge is -2.26. The molecule has 0 amide bonds. The molecule has 3 aliphatic carbocycles. The van der Waals surface area contributed by atoms with Gasteiger partial charge in [0.05, 0.1) is 5.69 Å². The summed E-state index contributed by atoms with van der Waals surface area (Å²) in [5.41, 5.74) is 17.0. The molecular weight excluding hydrogens is 446 g/mol. The Balaban J connectivity index is 1.37. The molecule has 0 bridgehead atoms. The molecule has 0 aromatic heterocycles. The molecule has 4 aromatic carbocycles. The van der Waals surface area contributed by atoms with Gasteiger partial charge >= 0.3 is 0 Å². The van der Waals surface area contributed by atoms with Crippen LogP contribution in [0.15, 0.2) is 103 Å². The fourth-order valence-corrected chi connectivity index (χ4v) is 7.75. The number of fused-ring (bicyclic) bond motifs is 10. The van der Waals surface area contributed by atoms with E-state index < -0.39 is 0 Å². The van der Waals surface area contributed by atoms with E-state index in [0.717, 1.165) is 6.42 Å². The van der Waals surface area contributed by atoms with Crippen molar-refractivity contribution < 1.29 is 0 Å². The van der Waals surface area contributed by atoms with E-state index in [9.17, 15) is 0 Å². The number of nitrogens with zero attached hydrogens (tertiary/aromatic N) is 1. The van der Waals surface area contributed by atoms with E-state index in [-0.39, 0.29) is 10.8 Å². The Kier molecular flexibility index (Phi) is 3.98. The van der Waals surface area contributed by atoms with Crippen molar-refractivity contribution in [2.45, 2.75) is 50.9 Å². The Morgan fingerprint density at radius 3 is 2.14 bits per heavy atom. The molecule has 180 valence electrons. The molecule has 4 aromatic rings. The van der Waals surface area contributed by atoms with Crippen LogP contribution >= 0.6 is 0 Å². The van der Waals surface area contributed by atoms with Crippen LogP contribution in [0.25, 0.3) is 22.3 Å². The van der Waals surface area contributed by atoms with Gasteiger partial charge < -0.3 is 4.90 Å². The largest absolute Gasteiger partial charge is 0.313 e. The maximum absolute atomic E-state index is 2.55. The zero-order valence-electron chi connectivity index (χ0n) is 22.0. The molecule has 1 unspecified atom stereocenters. The van der Waals surface area contributed by atoms with Gasteiger partial charge in [-0.25, -0.2) is 0 Å². The van der Waals surface area contributed by atoms with Crippen LogP contribution < -0.4 is 4.90 Å². The van der Waals surface area contributed by atoms with Crippen molar-refractivity contribution in [2.24, 2.45) is 0 Å². The summed E-state index contributed by atoms with van der Waals surface area (Å²) in [4.78, 5) is 2.55. The molecule has 1 nitrogen and oxygen atoms in total. The third kappa shape index (κ3) is 2.55. The molecule has 4 aliphatic rings. The molecule has 0 saturated heterocycles. The van der Waals surface area contributed by atoms with Gasteiger partial charge in [0.2, 0.25) is 0 Å². The predicted octanol–water partition coefficient (Wildman–Crippen LogP) is 9.38. The molecule has 0 N–H and O–H groups in total. The van der Waals surface area contributed by atoms with Gasteiger partial charge in [-0.15, -0.1) is 0 Å². The van der Waals surface area contributed by atoms with Gasteiger partial charge in [-0.1, -0.05) is 101 Å². The fourth-order valence-electron chi connectivity index (χ4n) is 7.75. The summed E-state index contributed by atoms with van der Waals surface area (Å²) in [6.45, 7) is 9.48. The zero-order chi connectivity index (χ0) is 25.1. The van der Waals surface area contributed by atoms with Crippen LogP contribution in [0.4, 0.5) is 11.4 Å². The average molecular weight is 478 g/mol. The van der Waals surface area contributed by atoms with Crippen molar-refractivity contribution in [3.63, 3.8) is 0 Å². The molecule has 0 spiro atoms. The fraction of sp³-hybridized carbons (Fsp3) is 0.222. The van der Waals surface area contributed by atoms with E-state index in [1.54, 1.807) is 0 Å². The summed E-state index contributed by atoms with van der Waals surface area (Å²) in [5, 5.41) is 0. The first-order chi connectivity index (χ1) is 17.9. The van der Waals surface area contributed by atoms with E-state index in [1.807, 2.05) is 0 Å². The smallest absolute Gasteiger partial charge is 0.0503 e. The van der Waals surface area contributed by atoms with Gasteiger partial charge in [-0.05, 0) is 80.8 Å². The zero-order valence-corrected chi connectivity index (χ0v) is 22.0. The standard InChI is InChI=1S/C36H31N/c1-35(2)27-14-8-5-11-23(27)26-21-22(17-18-29(26)35)37-31-16-10-7-13-25(31)34-32(37)20-19-30-33(34)24-12-6-9-15-28(24)36(30,3)4/h5-12,14-21,25H,13H2,1-4H3. The minimum absolute atomic E-state index is 0.0195. The Bertz CT molecular complexity index is 1710. The predicted molar refractivity (Wildman–Crippen MR) is 155 cm³/mol. The highest BCUT2D eigenvalue weighted by Gasteiger charge is 2.44. The van der Waals surface area contributed by atoms with E-state index in [2.05, 4.69) is 130 Å². The monoisotopic (exact) mass is 477 g/mol. The Hall–Kier alpha value is -3.84. The number of benzene rings is 4. The van der Waals surface area contributed by atoms with Gasteiger partial charge in [0, 0.05) is 28.1 Å². The normalized spacial score (nSPS) is 20.5. The first kappa shape index (κ1) is 21.3. The van der Waals surface area contributed by atoms with E-state index >= 15 is 0 Å². The summed E-state index contributed by atoms with van der Waals surface area (Å²) < 4.78 is 0. The molecular formula is C36H31N. The van der Waals surface area contributed by atoms with Crippen molar-refractivity contribution in [1.29, 1.82) is 0 Å². The molecule has 1 heterocycles. The number of hydrogen-bond donors (Lipinski definition) is 0. The van der Waals surface area contributed by atoms with E-state index in [0.29, 0.717) is 5.92 Å². The second-order valence-corrected chi connectivity index (χ2v) is 12.1. The number of allylic oxidation sites excluding steroid dienone is 4. The second-order valence-electron chi connectivity index (χ2n) is 12.1. The first-order valence-electron chi connectivity index (χ1n) is 13.6. The summed E-state index contributed by atoms with van der Waals surface area (Å²) in [7, 11) is 0. The van der Waals surface area contributed by atoms with Crippen LogP contribution in [-0.2, 0) is 10.8 Å². The topological polar surface area (TPSA) is 3.24 Å². The van der Waals surface area contributed by atoms with E-state index in [1.165, 1.54) is 67.1 Å². The number of anilines is 2. The van der Waals surface area contributed by atoms with Gasteiger partial charge in [-0.2, -0.15) is 0 Å². The third-order valence-corrected chi connectivity index (χ3v) is 9.57. The highest BCUT2D eigenvalue weighted by atomic mass is 15.2. The summed E-state index contributed by atoms with van der Waals surface area (Å²) in [6.07, 6.45) is 7.98. The lowest BCUT2D eigenvalue weighted by Crippen LogP contribution is -2.16. The van der Waals surface area contributed by atoms with Crippen LogP contribution in [0.2, 0.25) is 0 Å². The van der Waals surface area contributed by atoms with Crippen LogP contribution in [-0.4, -0.2) is 0 Å². The van der Waals surface area contributed by atoms with Gasteiger partial charge in [0.1, 0.15) is 0 Å². The van der Waals surface area contributed by atoms with Crippen molar-refractivity contribution in [3.05, 3.63) is 131 Å². The molecule has 8 rings (SSSR count). The second kappa shape index (κ2) is 6.92. The molecule has 1 heteroatoms. The summed E-state index contributed by atoms with van der Waals surface area (Å²) in [6, 6.07) is 30.0. The minimum Gasteiger partial charge on any atom is -0.313 e. The summed E-state index contributed by atoms with van der Waals surface area (Å²) in [5.74, 6) is 0.383. The van der Waals surface area contributed by atoms with E-state index in [4.69, 9.17) is 0 Å². The molecule has 0 fully saturated rings. The maximum atomic E-state index is 2.55. The Morgan fingerprint density at radius 1 is 0.676 bits per heavy atom. The average Bonchev–Trinajstić information content (AvgIpc) is 3.46. The van der Waals surface area contributed by atoms with Crippen molar-refractivity contribution >= 4 is 11.4 Å². The lowest BCUT2D eigenvalue weighted by molar-refractivity contribution is 0.659. The third-order valence-electron chi connectivity index (χ3n) is 9.57. The van der Waals surface area contributed by atoms with Crippen LogP contribution in [0.5, 0.6) is 0 Å². The van der Waals surface area contributed by atoms with Crippen molar-refractivity contribution in [1.82, 2.24) is 0 Å².